The Kier molecular flexibility index (Phi) is 3.41. The van der Waals surface area contributed by atoms with Crippen molar-refractivity contribution in [2.24, 2.45) is 0 Å². The quantitative estimate of drug-likeness (QED) is 0.795. The first-order valence-electron chi connectivity index (χ1n) is 7.23. The number of aromatic nitrogens is 3. The molecule has 0 spiro atoms. The Morgan fingerprint density at radius 3 is 2.71 bits per heavy atom. The summed E-state index contributed by atoms with van der Waals surface area (Å²) >= 11 is 0. The second-order valence-electron chi connectivity index (χ2n) is 5.30. The number of benzene rings is 1. The second-order valence-corrected chi connectivity index (χ2v) is 5.30. The lowest BCUT2D eigenvalue weighted by molar-refractivity contribution is 0.450. The van der Waals surface area contributed by atoms with Gasteiger partial charge < -0.3 is 9.84 Å². The number of hydrogen-bond donors (Lipinski definition) is 1. The standard InChI is InChI=1S/C16H20N4O/c1-5-20-12(4)15(10(2)18-20)9-17-13-6-7-14-11(3)19-21-16(14)8-13/h6-8,17H,5,9H2,1-4H3. The van der Waals surface area contributed by atoms with Gasteiger partial charge in [0.2, 0.25) is 0 Å². The summed E-state index contributed by atoms with van der Waals surface area (Å²) < 4.78 is 7.34. The molecule has 5 heteroatoms. The summed E-state index contributed by atoms with van der Waals surface area (Å²) in [5.41, 5.74) is 6.33. The van der Waals surface area contributed by atoms with Crippen LogP contribution in [0.1, 0.15) is 29.6 Å². The van der Waals surface area contributed by atoms with E-state index in [0.717, 1.165) is 41.1 Å². The first kappa shape index (κ1) is 13.7. The number of nitrogens with one attached hydrogen (secondary N) is 1. The highest BCUT2D eigenvalue weighted by atomic mass is 16.5. The largest absolute Gasteiger partial charge is 0.381 e. The van der Waals surface area contributed by atoms with Gasteiger partial charge in [-0.25, -0.2) is 0 Å². The van der Waals surface area contributed by atoms with Crippen LogP contribution in [0.4, 0.5) is 5.69 Å². The highest BCUT2D eigenvalue weighted by Gasteiger charge is 2.10. The lowest BCUT2D eigenvalue weighted by Crippen LogP contribution is -2.03. The molecule has 21 heavy (non-hydrogen) atoms. The maximum atomic E-state index is 5.30. The molecule has 0 amide bonds. The van der Waals surface area contributed by atoms with E-state index >= 15 is 0 Å². The molecule has 0 atom stereocenters. The summed E-state index contributed by atoms with van der Waals surface area (Å²) in [6.45, 7) is 9.89. The van der Waals surface area contributed by atoms with Gasteiger partial charge in [0.05, 0.1) is 11.4 Å². The van der Waals surface area contributed by atoms with Gasteiger partial charge in [0.25, 0.3) is 0 Å². The highest BCUT2D eigenvalue weighted by molar-refractivity contribution is 5.82. The van der Waals surface area contributed by atoms with E-state index in [4.69, 9.17) is 4.52 Å². The number of nitrogens with zero attached hydrogens (tertiary/aromatic N) is 3. The smallest absolute Gasteiger partial charge is 0.169 e. The van der Waals surface area contributed by atoms with Gasteiger partial charge >= 0.3 is 0 Å². The van der Waals surface area contributed by atoms with Gasteiger partial charge in [-0.2, -0.15) is 5.10 Å². The predicted molar refractivity (Wildman–Crippen MR) is 83.4 cm³/mol. The fourth-order valence-corrected chi connectivity index (χ4v) is 2.66. The van der Waals surface area contributed by atoms with Gasteiger partial charge in [-0.15, -0.1) is 0 Å². The normalized spacial score (nSPS) is 11.2. The molecule has 110 valence electrons. The summed E-state index contributed by atoms with van der Waals surface area (Å²) in [5, 5.41) is 13.0. The van der Waals surface area contributed by atoms with E-state index in [9.17, 15) is 0 Å². The van der Waals surface area contributed by atoms with Crippen molar-refractivity contribution in [1.29, 1.82) is 0 Å². The third-order valence-corrected chi connectivity index (χ3v) is 3.95. The Bertz CT molecular complexity index is 785. The Morgan fingerprint density at radius 2 is 2.00 bits per heavy atom. The fraction of sp³-hybridized carbons (Fsp3) is 0.375. The fourth-order valence-electron chi connectivity index (χ4n) is 2.66. The maximum absolute atomic E-state index is 5.30. The first-order valence-corrected chi connectivity index (χ1v) is 7.23. The predicted octanol–water partition coefficient (Wildman–Crippen LogP) is 3.58. The molecule has 0 fully saturated rings. The van der Waals surface area contributed by atoms with Crippen LogP contribution >= 0.6 is 0 Å². The molecule has 5 nitrogen and oxygen atoms in total. The zero-order valence-corrected chi connectivity index (χ0v) is 12.9. The molecule has 0 aliphatic carbocycles. The van der Waals surface area contributed by atoms with Gasteiger partial charge in [0.1, 0.15) is 0 Å². The van der Waals surface area contributed by atoms with Crippen molar-refractivity contribution in [3.8, 4) is 0 Å². The molecule has 0 aliphatic rings. The van der Waals surface area contributed by atoms with Crippen molar-refractivity contribution >= 4 is 16.7 Å². The van der Waals surface area contributed by atoms with Crippen molar-refractivity contribution in [3.05, 3.63) is 40.8 Å². The molecule has 3 rings (SSSR count). The lowest BCUT2D eigenvalue weighted by atomic mass is 10.1. The second kappa shape index (κ2) is 5.24. The average molecular weight is 284 g/mol. The van der Waals surface area contributed by atoms with Crippen LogP contribution in [0.2, 0.25) is 0 Å². The van der Waals surface area contributed by atoms with Crippen LogP contribution in [-0.4, -0.2) is 14.9 Å². The van der Waals surface area contributed by atoms with Crippen LogP contribution in [0.5, 0.6) is 0 Å². The number of fused-ring (bicyclic) bond motifs is 1. The minimum atomic E-state index is 0.760. The Labute approximate surface area is 123 Å². The molecule has 2 aromatic heterocycles. The molecule has 1 aromatic carbocycles. The molecule has 0 saturated carbocycles. The number of aryl methyl sites for hydroxylation is 3. The molecule has 0 unspecified atom stereocenters. The maximum Gasteiger partial charge on any atom is 0.169 e. The molecule has 2 heterocycles. The van der Waals surface area contributed by atoms with E-state index in [1.165, 1.54) is 11.3 Å². The highest BCUT2D eigenvalue weighted by Crippen LogP contribution is 2.23. The molecule has 0 saturated heterocycles. The monoisotopic (exact) mass is 284 g/mol. The minimum absolute atomic E-state index is 0.760. The van der Waals surface area contributed by atoms with E-state index in [1.54, 1.807) is 0 Å². The zero-order chi connectivity index (χ0) is 15.0. The van der Waals surface area contributed by atoms with Crippen molar-refractivity contribution in [2.45, 2.75) is 40.8 Å². The van der Waals surface area contributed by atoms with Crippen molar-refractivity contribution in [3.63, 3.8) is 0 Å². The van der Waals surface area contributed by atoms with E-state index in [2.05, 4.69) is 42.4 Å². The topological polar surface area (TPSA) is 55.9 Å². The van der Waals surface area contributed by atoms with Crippen LogP contribution in [-0.2, 0) is 13.1 Å². The van der Waals surface area contributed by atoms with E-state index in [1.807, 2.05) is 23.7 Å². The average Bonchev–Trinajstić information content (AvgIpc) is 2.98. The Morgan fingerprint density at radius 1 is 1.19 bits per heavy atom. The molecule has 0 bridgehead atoms. The number of rotatable bonds is 4. The van der Waals surface area contributed by atoms with Crippen molar-refractivity contribution in [2.75, 3.05) is 5.32 Å². The molecular weight excluding hydrogens is 264 g/mol. The Hall–Kier alpha value is -2.30. The third kappa shape index (κ3) is 2.39. The van der Waals surface area contributed by atoms with Crippen LogP contribution in [0.15, 0.2) is 22.7 Å². The number of hydrogen-bond acceptors (Lipinski definition) is 4. The summed E-state index contributed by atoms with van der Waals surface area (Å²) in [6, 6.07) is 6.09. The van der Waals surface area contributed by atoms with Gasteiger partial charge in [0, 0.05) is 41.5 Å². The van der Waals surface area contributed by atoms with Crippen molar-refractivity contribution < 1.29 is 4.52 Å². The van der Waals surface area contributed by atoms with Gasteiger partial charge in [0.15, 0.2) is 5.58 Å². The van der Waals surface area contributed by atoms with Gasteiger partial charge in [-0.05, 0) is 39.8 Å². The molecule has 0 aliphatic heterocycles. The molecule has 1 N–H and O–H groups in total. The molecular formula is C16H20N4O. The molecule has 0 radical (unpaired) electrons. The van der Waals surface area contributed by atoms with E-state index in [0.29, 0.717) is 0 Å². The summed E-state index contributed by atoms with van der Waals surface area (Å²) in [7, 11) is 0. The molecule has 3 aromatic rings. The van der Waals surface area contributed by atoms with Crippen LogP contribution in [0, 0.1) is 20.8 Å². The lowest BCUT2D eigenvalue weighted by Gasteiger charge is -2.07. The summed E-state index contributed by atoms with van der Waals surface area (Å²) in [4.78, 5) is 0. The van der Waals surface area contributed by atoms with E-state index in [-0.39, 0.29) is 0 Å². The Balaban J connectivity index is 1.81. The first-order chi connectivity index (χ1) is 10.1. The van der Waals surface area contributed by atoms with Crippen LogP contribution in [0.3, 0.4) is 0 Å². The van der Waals surface area contributed by atoms with Crippen LogP contribution in [0.25, 0.3) is 11.0 Å². The third-order valence-electron chi connectivity index (χ3n) is 3.95. The van der Waals surface area contributed by atoms with Crippen LogP contribution < -0.4 is 5.32 Å². The van der Waals surface area contributed by atoms with Gasteiger partial charge in [-0.1, -0.05) is 5.16 Å². The van der Waals surface area contributed by atoms with Gasteiger partial charge in [-0.3, -0.25) is 4.68 Å². The summed E-state index contributed by atoms with van der Waals surface area (Å²) in [6.07, 6.45) is 0. The number of anilines is 1. The van der Waals surface area contributed by atoms with Crippen molar-refractivity contribution in [1.82, 2.24) is 14.9 Å². The SMILES string of the molecule is CCn1nc(C)c(CNc2ccc3c(C)noc3c2)c1C. The minimum Gasteiger partial charge on any atom is -0.381 e. The summed E-state index contributed by atoms with van der Waals surface area (Å²) in [5.74, 6) is 0. The zero-order valence-electron chi connectivity index (χ0n) is 12.9. The van der Waals surface area contributed by atoms with E-state index < -0.39 is 0 Å².